The van der Waals surface area contributed by atoms with Crippen molar-refractivity contribution in [3.05, 3.63) is 84.2 Å². The maximum Gasteiger partial charge on any atom is 0.246 e. The quantitative estimate of drug-likeness (QED) is 0.361. The summed E-state index contributed by atoms with van der Waals surface area (Å²) >= 11 is 0. The second kappa shape index (κ2) is 10.6. The number of nitrogen functional groups attached to an aromatic ring is 1. The van der Waals surface area contributed by atoms with Crippen molar-refractivity contribution < 1.29 is 9.53 Å². The van der Waals surface area contributed by atoms with Gasteiger partial charge in [-0.3, -0.25) is 10.2 Å². The first-order chi connectivity index (χ1) is 16.5. The van der Waals surface area contributed by atoms with E-state index >= 15 is 0 Å². The number of piperidine rings is 1. The maximum absolute atomic E-state index is 12.1. The summed E-state index contributed by atoms with van der Waals surface area (Å²) in [5.74, 6) is 2.23. The summed E-state index contributed by atoms with van der Waals surface area (Å²) in [6, 6.07) is 16.9. The van der Waals surface area contributed by atoms with Crippen molar-refractivity contribution in [3.63, 3.8) is 0 Å². The van der Waals surface area contributed by atoms with Crippen LogP contribution in [-0.4, -0.2) is 45.6 Å². The van der Waals surface area contributed by atoms with E-state index < -0.39 is 0 Å². The van der Waals surface area contributed by atoms with Crippen LogP contribution in [0.5, 0.6) is 11.5 Å². The number of nitrogens with two attached hydrogens (primary N) is 1. The van der Waals surface area contributed by atoms with Crippen molar-refractivity contribution >= 4 is 23.3 Å². The largest absolute Gasteiger partial charge is 0.457 e. The highest BCUT2D eigenvalue weighted by Gasteiger charge is 2.24. The molecule has 174 valence electrons. The molecule has 3 aromatic rings. The van der Waals surface area contributed by atoms with Crippen LogP contribution in [0.2, 0.25) is 0 Å². The average Bonchev–Trinajstić information content (AvgIpc) is 2.85. The van der Waals surface area contributed by atoms with Crippen LogP contribution >= 0.6 is 0 Å². The van der Waals surface area contributed by atoms with Crippen LogP contribution < -0.4 is 15.8 Å². The fourth-order valence-electron chi connectivity index (χ4n) is 3.90. The van der Waals surface area contributed by atoms with Gasteiger partial charge >= 0.3 is 0 Å². The molecule has 1 amide bonds. The maximum atomic E-state index is 12.1. The first-order valence-corrected chi connectivity index (χ1v) is 11.3. The summed E-state index contributed by atoms with van der Waals surface area (Å²) in [6.07, 6.45) is 6.32. The van der Waals surface area contributed by atoms with Crippen molar-refractivity contribution in [2.75, 3.05) is 24.1 Å². The number of allylic oxidation sites excluding steroid dienone is 1. The van der Waals surface area contributed by atoms with Crippen molar-refractivity contribution in [2.45, 2.75) is 25.8 Å². The topological polar surface area (TPSA) is 117 Å². The normalized spacial score (nSPS) is 14.2. The van der Waals surface area contributed by atoms with Gasteiger partial charge in [0.2, 0.25) is 5.91 Å². The molecule has 1 fully saturated rings. The number of likely N-dealkylation sites (tertiary alicyclic amines) is 1. The number of hydrogen-bond acceptors (Lipinski definition) is 7. The van der Waals surface area contributed by atoms with Gasteiger partial charge in [-0.1, -0.05) is 24.3 Å². The summed E-state index contributed by atoms with van der Waals surface area (Å²) < 4.78 is 5.84. The Morgan fingerprint density at radius 2 is 1.76 bits per heavy atom. The molecule has 0 bridgehead atoms. The average molecular weight is 457 g/mol. The molecule has 2 aromatic carbocycles. The van der Waals surface area contributed by atoms with Crippen LogP contribution in [0.25, 0.3) is 0 Å². The summed E-state index contributed by atoms with van der Waals surface area (Å²) in [5.41, 5.74) is 7.55. The SMILES string of the molecule is C/C=C/C(=O)N1CCC(Nc2ncnc(N)c2C(=N)c2ccc(Oc3ccccc3)cc2)CC1. The Labute approximate surface area is 199 Å². The number of benzene rings is 2. The number of carbonyl (C=O) groups excluding carboxylic acids is 1. The molecule has 8 nitrogen and oxygen atoms in total. The van der Waals surface area contributed by atoms with Gasteiger partial charge < -0.3 is 20.7 Å². The molecule has 0 unspecified atom stereocenters. The zero-order valence-electron chi connectivity index (χ0n) is 19.1. The van der Waals surface area contributed by atoms with Crippen molar-refractivity contribution in [1.82, 2.24) is 14.9 Å². The number of anilines is 2. The van der Waals surface area contributed by atoms with Gasteiger partial charge in [0.25, 0.3) is 0 Å². The van der Waals surface area contributed by atoms with E-state index in [1.165, 1.54) is 6.33 Å². The molecule has 0 radical (unpaired) electrons. The van der Waals surface area contributed by atoms with Crippen molar-refractivity contribution in [2.24, 2.45) is 0 Å². The van der Waals surface area contributed by atoms with Gasteiger partial charge in [0.1, 0.15) is 29.5 Å². The highest BCUT2D eigenvalue weighted by Crippen LogP contribution is 2.26. The minimum Gasteiger partial charge on any atom is -0.457 e. The second-order valence-corrected chi connectivity index (χ2v) is 8.04. The van der Waals surface area contributed by atoms with Gasteiger partial charge in [-0.15, -0.1) is 0 Å². The Hall–Kier alpha value is -4.20. The van der Waals surface area contributed by atoms with E-state index in [0.29, 0.717) is 35.8 Å². The fraction of sp³-hybridized carbons (Fsp3) is 0.231. The predicted octanol–water partition coefficient (Wildman–Crippen LogP) is 4.25. The minimum atomic E-state index is 0.0365. The Morgan fingerprint density at radius 3 is 2.44 bits per heavy atom. The van der Waals surface area contributed by atoms with E-state index in [1.807, 2.05) is 66.4 Å². The third-order valence-corrected chi connectivity index (χ3v) is 5.71. The molecule has 0 spiro atoms. The number of nitrogens with one attached hydrogen (secondary N) is 2. The van der Waals surface area contributed by atoms with Crippen LogP contribution in [0.3, 0.4) is 0 Å². The molecule has 4 rings (SSSR count). The standard InChI is InChI=1S/C26H28N6O2/c1-2-6-22(33)32-15-13-19(14-16-32)31-26-23(25(28)29-17-30-26)24(27)18-9-11-21(12-10-18)34-20-7-4-3-5-8-20/h2-12,17,19,27H,13-16H2,1H3,(H3,28,29,30,31)/b6-2+,27-24?. The Kier molecular flexibility index (Phi) is 7.17. The highest BCUT2D eigenvalue weighted by atomic mass is 16.5. The third kappa shape index (κ3) is 5.40. The summed E-state index contributed by atoms with van der Waals surface area (Å²) in [5, 5.41) is 12.2. The number of aromatic nitrogens is 2. The van der Waals surface area contributed by atoms with Gasteiger partial charge in [0.05, 0.1) is 11.3 Å². The molecular formula is C26H28N6O2. The molecule has 4 N–H and O–H groups in total. The van der Waals surface area contributed by atoms with Crippen LogP contribution in [0.1, 0.15) is 30.9 Å². The summed E-state index contributed by atoms with van der Waals surface area (Å²) in [4.78, 5) is 22.4. The summed E-state index contributed by atoms with van der Waals surface area (Å²) in [7, 11) is 0. The monoisotopic (exact) mass is 456 g/mol. The van der Waals surface area contributed by atoms with Gasteiger partial charge in [-0.05, 0) is 62.2 Å². The Balaban J connectivity index is 1.46. The molecule has 1 saturated heterocycles. The molecule has 1 aliphatic rings. The molecule has 34 heavy (non-hydrogen) atoms. The fourth-order valence-corrected chi connectivity index (χ4v) is 3.90. The molecular weight excluding hydrogens is 428 g/mol. The van der Waals surface area contributed by atoms with Crippen LogP contribution in [0.15, 0.2) is 73.1 Å². The van der Waals surface area contributed by atoms with E-state index in [1.54, 1.807) is 12.2 Å². The van der Waals surface area contributed by atoms with E-state index in [4.69, 9.17) is 15.9 Å². The minimum absolute atomic E-state index is 0.0365. The first-order valence-electron chi connectivity index (χ1n) is 11.3. The highest BCUT2D eigenvalue weighted by molar-refractivity contribution is 6.16. The lowest BCUT2D eigenvalue weighted by atomic mass is 10.0. The lowest BCUT2D eigenvalue weighted by molar-refractivity contribution is -0.126. The molecule has 1 aliphatic heterocycles. The van der Waals surface area contributed by atoms with Crippen molar-refractivity contribution in [3.8, 4) is 11.5 Å². The van der Waals surface area contributed by atoms with E-state index in [9.17, 15) is 4.79 Å². The molecule has 0 saturated carbocycles. The second-order valence-electron chi connectivity index (χ2n) is 8.04. The summed E-state index contributed by atoms with van der Waals surface area (Å²) in [6.45, 7) is 3.17. The molecule has 8 heteroatoms. The lowest BCUT2D eigenvalue weighted by Gasteiger charge is -2.32. The Bertz CT molecular complexity index is 1170. The van der Waals surface area contributed by atoms with Gasteiger partial charge in [0, 0.05) is 24.7 Å². The number of para-hydroxylation sites is 1. The number of carbonyl (C=O) groups is 1. The van der Waals surface area contributed by atoms with Gasteiger partial charge in [0.15, 0.2) is 0 Å². The zero-order chi connectivity index (χ0) is 23.9. The van der Waals surface area contributed by atoms with Crippen LogP contribution in [0, 0.1) is 5.41 Å². The number of hydrogen-bond donors (Lipinski definition) is 3. The van der Waals surface area contributed by atoms with Gasteiger partial charge in [-0.2, -0.15) is 0 Å². The van der Waals surface area contributed by atoms with Crippen LogP contribution in [-0.2, 0) is 4.79 Å². The third-order valence-electron chi connectivity index (χ3n) is 5.71. The van der Waals surface area contributed by atoms with E-state index in [0.717, 1.165) is 18.6 Å². The van der Waals surface area contributed by atoms with Crippen molar-refractivity contribution in [1.29, 1.82) is 5.41 Å². The number of ether oxygens (including phenoxy) is 1. The molecule has 0 atom stereocenters. The Morgan fingerprint density at radius 1 is 1.09 bits per heavy atom. The molecule has 2 heterocycles. The van der Waals surface area contributed by atoms with E-state index in [2.05, 4.69) is 15.3 Å². The van der Waals surface area contributed by atoms with Gasteiger partial charge in [-0.25, -0.2) is 9.97 Å². The lowest BCUT2D eigenvalue weighted by Crippen LogP contribution is -2.42. The molecule has 0 aliphatic carbocycles. The van der Waals surface area contributed by atoms with E-state index in [-0.39, 0.29) is 23.5 Å². The smallest absolute Gasteiger partial charge is 0.246 e. The van der Waals surface area contributed by atoms with Crippen LogP contribution in [0.4, 0.5) is 11.6 Å². The number of nitrogens with zero attached hydrogens (tertiary/aromatic N) is 3. The predicted molar refractivity (Wildman–Crippen MR) is 133 cm³/mol. The zero-order valence-corrected chi connectivity index (χ0v) is 19.1. The number of amides is 1. The number of rotatable bonds is 7. The molecule has 1 aromatic heterocycles. The first kappa shape index (κ1) is 23.0.